The molecule has 94 valence electrons. The normalized spacial score (nSPS) is 10.2. The van der Waals surface area contributed by atoms with Gasteiger partial charge in [0.2, 0.25) is 5.91 Å². The van der Waals surface area contributed by atoms with Gasteiger partial charge in [0.1, 0.15) is 0 Å². The van der Waals surface area contributed by atoms with Crippen molar-refractivity contribution in [1.29, 1.82) is 0 Å². The smallest absolute Gasteiger partial charge is 0.219 e. The van der Waals surface area contributed by atoms with Gasteiger partial charge in [-0.1, -0.05) is 23.7 Å². The van der Waals surface area contributed by atoms with Crippen molar-refractivity contribution in [3.63, 3.8) is 0 Å². The molecule has 0 radical (unpaired) electrons. The van der Waals surface area contributed by atoms with Crippen LogP contribution in [0.25, 0.3) is 0 Å². The van der Waals surface area contributed by atoms with E-state index in [1.54, 1.807) is 7.05 Å². The van der Waals surface area contributed by atoms with E-state index in [-0.39, 0.29) is 5.91 Å². The maximum atomic E-state index is 10.9. The number of benzene rings is 1. The monoisotopic (exact) mass is 254 g/mol. The molecule has 3 nitrogen and oxygen atoms in total. The Morgan fingerprint density at radius 2 is 1.94 bits per heavy atom. The Morgan fingerprint density at radius 3 is 2.59 bits per heavy atom. The Labute approximate surface area is 108 Å². The molecule has 0 aliphatic carbocycles. The van der Waals surface area contributed by atoms with E-state index in [1.165, 1.54) is 5.56 Å². The van der Waals surface area contributed by atoms with Crippen LogP contribution in [-0.4, -0.2) is 26.0 Å². The highest BCUT2D eigenvalue weighted by molar-refractivity contribution is 6.30. The van der Waals surface area contributed by atoms with Gasteiger partial charge in [-0.3, -0.25) is 4.79 Å². The van der Waals surface area contributed by atoms with Crippen LogP contribution in [-0.2, 0) is 11.2 Å². The van der Waals surface area contributed by atoms with Crippen LogP contribution in [0.15, 0.2) is 24.3 Å². The quantitative estimate of drug-likeness (QED) is 0.731. The number of nitrogens with one attached hydrogen (secondary N) is 2. The summed E-state index contributed by atoms with van der Waals surface area (Å²) in [5.74, 6) is 0.101. The summed E-state index contributed by atoms with van der Waals surface area (Å²) in [4.78, 5) is 10.9. The molecule has 1 rings (SSSR count). The molecule has 0 saturated carbocycles. The highest BCUT2D eigenvalue weighted by Crippen LogP contribution is 2.09. The number of hydrogen-bond donors (Lipinski definition) is 2. The van der Waals surface area contributed by atoms with Crippen molar-refractivity contribution >= 4 is 17.5 Å². The molecule has 0 unspecified atom stereocenters. The molecule has 0 aliphatic rings. The van der Waals surface area contributed by atoms with Crippen LogP contribution in [0.1, 0.15) is 18.4 Å². The Bertz CT molecular complexity index is 338. The molecular formula is C13H19ClN2O. The number of carbonyl (C=O) groups excluding carboxylic acids is 1. The largest absolute Gasteiger partial charge is 0.359 e. The summed E-state index contributed by atoms with van der Waals surface area (Å²) >= 11 is 5.80. The topological polar surface area (TPSA) is 41.1 Å². The summed E-state index contributed by atoms with van der Waals surface area (Å²) < 4.78 is 0. The Hall–Kier alpha value is -1.06. The molecule has 0 aliphatic heterocycles. The minimum absolute atomic E-state index is 0.101. The van der Waals surface area contributed by atoms with E-state index in [4.69, 9.17) is 11.6 Å². The molecule has 1 amide bonds. The molecule has 17 heavy (non-hydrogen) atoms. The van der Waals surface area contributed by atoms with Crippen LogP contribution in [0.4, 0.5) is 0 Å². The number of rotatable bonds is 7. The van der Waals surface area contributed by atoms with Crippen LogP contribution < -0.4 is 10.6 Å². The lowest BCUT2D eigenvalue weighted by molar-refractivity contribution is -0.120. The van der Waals surface area contributed by atoms with E-state index in [1.807, 2.05) is 24.3 Å². The second kappa shape index (κ2) is 8.09. The van der Waals surface area contributed by atoms with Gasteiger partial charge in [0.05, 0.1) is 0 Å². The maximum absolute atomic E-state index is 10.9. The Morgan fingerprint density at radius 1 is 1.24 bits per heavy atom. The zero-order chi connectivity index (χ0) is 12.5. The number of halogens is 1. The molecule has 2 N–H and O–H groups in total. The molecule has 4 heteroatoms. The molecular weight excluding hydrogens is 236 g/mol. The van der Waals surface area contributed by atoms with Crippen LogP contribution in [0.5, 0.6) is 0 Å². The molecule has 0 spiro atoms. The van der Waals surface area contributed by atoms with E-state index in [0.717, 1.165) is 31.0 Å². The first kappa shape index (κ1) is 14.0. The van der Waals surface area contributed by atoms with Crippen molar-refractivity contribution in [3.05, 3.63) is 34.9 Å². The van der Waals surface area contributed by atoms with Gasteiger partial charge < -0.3 is 10.6 Å². The molecule has 0 fully saturated rings. The average molecular weight is 255 g/mol. The van der Waals surface area contributed by atoms with Crippen molar-refractivity contribution in [3.8, 4) is 0 Å². The van der Waals surface area contributed by atoms with Crippen LogP contribution in [0.2, 0.25) is 5.02 Å². The Kier molecular flexibility index (Phi) is 6.67. The van der Waals surface area contributed by atoms with Crippen molar-refractivity contribution in [2.24, 2.45) is 0 Å². The zero-order valence-corrected chi connectivity index (χ0v) is 10.9. The van der Waals surface area contributed by atoms with E-state index in [2.05, 4.69) is 10.6 Å². The van der Waals surface area contributed by atoms with Gasteiger partial charge in [0.25, 0.3) is 0 Å². The van der Waals surface area contributed by atoms with Crippen LogP contribution >= 0.6 is 11.6 Å². The van der Waals surface area contributed by atoms with E-state index >= 15 is 0 Å². The molecule has 0 aromatic heterocycles. The molecule has 0 saturated heterocycles. The lowest BCUT2D eigenvalue weighted by Gasteiger charge is -2.04. The van der Waals surface area contributed by atoms with E-state index in [0.29, 0.717) is 6.42 Å². The predicted molar refractivity (Wildman–Crippen MR) is 71.3 cm³/mol. The van der Waals surface area contributed by atoms with Crippen molar-refractivity contribution in [2.45, 2.75) is 19.3 Å². The average Bonchev–Trinajstić information content (AvgIpc) is 2.35. The summed E-state index contributed by atoms with van der Waals surface area (Å²) in [5.41, 5.74) is 1.27. The van der Waals surface area contributed by atoms with Crippen molar-refractivity contribution in [1.82, 2.24) is 10.6 Å². The molecule has 1 aromatic rings. The predicted octanol–water partition coefficient (Wildman–Crippen LogP) is 2.00. The van der Waals surface area contributed by atoms with Gasteiger partial charge in [0, 0.05) is 18.5 Å². The molecule has 0 bridgehead atoms. The summed E-state index contributed by atoms with van der Waals surface area (Å²) in [6.45, 7) is 1.80. The number of amides is 1. The van der Waals surface area contributed by atoms with Crippen LogP contribution in [0.3, 0.4) is 0 Å². The first-order valence-electron chi connectivity index (χ1n) is 5.88. The fourth-order valence-electron chi connectivity index (χ4n) is 1.51. The van der Waals surface area contributed by atoms with Gasteiger partial charge in [-0.25, -0.2) is 0 Å². The number of carbonyl (C=O) groups is 1. The van der Waals surface area contributed by atoms with Crippen molar-refractivity contribution in [2.75, 3.05) is 20.1 Å². The first-order chi connectivity index (χ1) is 8.22. The summed E-state index contributed by atoms with van der Waals surface area (Å²) in [5, 5.41) is 6.69. The summed E-state index contributed by atoms with van der Waals surface area (Å²) in [6, 6.07) is 7.88. The second-order valence-corrected chi connectivity index (χ2v) is 4.34. The van der Waals surface area contributed by atoms with E-state index in [9.17, 15) is 4.79 Å². The van der Waals surface area contributed by atoms with Gasteiger partial charge in [-0.15, -0.1) is 0 Å². The van der Waals surface area contributed by atoms with Gasteiger partial charge in [-0.05, 0) is 43.6 Å². The van der Waals surface area contributed by atoms with Crippen LogP contribution in [0, 0.1) is 0 Å². The summed E-state index contributed by atoms with van der Waals surface area (Å²) in [7, 11) is 1.66. The Balaban J connectivity index is 2.04. The number of hydrogen-bond acceptors (Lipinski definition) is 2. The highest BCUT2D eigenvalue weighted by atomic mass is 35.5. The zero-order valence-electron chi connectivity index (χ0n) is 10.1. The second-order valence-electron chi connectivity index (χ2n) is 3.90. The highest BCUT2D eigenvalue weighted by Gasteiger charge is 1.97. The summed E-state index contributed by atoms with van der Waals surface area (Å²) in [6.07, 6.45) is 2.45. The fraction of sp³-hybridized carbons (Fsp3) is 0.462. The maximum Gasteiger partial charge on any atom is 0.219 e. The third-order valence-electron chi connectivity index (χ3n) is 2.54. The van der Waals surface area contributed by atoms with Gasteiger partial charge in [0.15, 0.2) is 0 Å². The van der Waals surface area contributed by atoms with Gasteiger partial charge in [-0.2, -0.15) is 0 Å². The third-order valence-corrected chi connectivity index (χ3v) is 2.79. The first-order valence-corrected chi connectivity index (χ1v) is 6.26. The SMILES string of the molecule is CNC(=O)CCCNCCc1ccc(Cl)cc1. The lowest BCUT2D eigenvalue weighted by Crippen LogP contribution is -2.22. The standard InChI is InChI=1S/C13H19ClN2O/c1-15-13(17)3-2-9-16-10-8-11-4-6-12(14)7-5-11/h4-7,16H,2-3,8-10H2,1H3,(H,15,17). The minimum Gasteiger partial charge on any atom is -0.359 e. The molecule has 0 atom stereocenters. The minimum atomic E-state index is 0.101. The molecule has 0 heterocycles. The lowest BCUT2D eigenvalue weighted by atomic mass is 10.1. The van der Waals surface area contributed by atoms with Crippen molar-refractivity contribution < 1.29 is 4.79 Å². The fourth-order valence-corrected chi connectivity index (χ4v) is 1.63. The molecule has 1 aromatic carbocycles. The van der Waals surface area contributed by atoms with E-state index < -0.39 is 0 Å². The van der Waals surface area contributed by atoms with Gasteiger partial charge >= 0.3 is 0 Å². The third kappa shape index (κ3) is 6.29.